The quantitative estimate of drug-likeness (QED) is 0.833. The van der Waals surface area contributed by atoms with Gasteiger partial charge in [0.25, 0.3) is 0 Å². The largest absolute Gasteiger partial charge is 0.445 e. The SMILES string of the molecule is O=C(OCc1ccccc1)N1CCCC2(CCCO2)C1. The summed E-state index contributed by atoms with van der Waals surface area (Å²) in [5.74, 6) is 0. The first-order chi connectivity index (χ1) is 9.77. The lowest BCUT2D eigenvalue weighted by Crippen LogP contribution is -2.50. The zero-order chi connectivity index (χ0) is 13.8. The summed E-state index contributed by atoms with van der Waals surface area (Å²) in [7, 11) is 0. The van der Waals surface area contributed by atoms with Crippen molar-refractivity contribution in [2.24, 2.45) is 0 Å². The summed E-state index contributed by atoms with van der Waals surface area (Å²) in [6.45, 7) is 2.62. The summed E-state index contributed by atoms with van der Waals surface area (Å²) in [5.41, 5.74) is 0.925. The van der Waals surface area contributed by atoms with Gasteiger partial charge < -0.3 is 14.4 Å². The van der Waals surface area contributed by atoms with Gasteiger partial charge in [0.2, 0.25) is 0 Å². The van der Waals surface area contributed by atoms with Gasteiger partial charge in [-0.3, -0.25) is 0 Å². The Morgan fingerprint density at radius 2 is 2.05 bits per heavy atom. The second-order valence-electron chi connectivity index (χ2n) is 5.70. The fourth-order valence-electron chi connectivity index (χ4n) is 3.14. The van der Waals surface area contributed by atoms with Crippen LogP contribution >= 0.6 is 0 Å². The number of likely N-dealkylation sites (tertiary alicyclic amines) is 1. The van der Waals surface area contributed by atoms with Crippen molar-refractivity contribution in [2.75, 3.05) is 19.7 Å². The van der Waals surface area contributed by atoms with E-state index in [0.717, 1.165) is 44.4 Å². The molecule has 1 aromatic rings. The van der Waals surface area contributed by atoms with E-state index in [1.54, 1.807) is 4.90 Å². The van der Waals surface area contributed by atoms with Crippen LogP contribution in [0.3, 0.4) is 0 Å². The fourth-order valence-corrected chi connectivity index (χ4v) is 3.14. The van der Waals surface area contributed by atoms with E-state index >= 15 is 0 Å². The summed E-state index contributed by atoms with van der Waals surface area (Å²) in [6, 6.07) is 9.78. The molecule has 1 aromatic carbocycles. The maximum absolute atomic E-state index is 12.2. The summed E-state index contributed by atoms with van der Waals surface area (Å²) in [6.07, 6.45) is 4.02. The lowest BCUT2D eigenvalue weighted by atomic mass is 9.90. The molecule has 0 bridgehead atoms. The highest BCUT2D eigenvalue weighted by Gasteiger charge is 2.40. The molecule has 2 saturated heterocycles. The van der Waals surface area contributed by atoms with Crippen molar-refractivity contribution < 1.29 is 14.3 Å². The van der Waals surface area contributed by atoms with E-state index in [9.17, 15) is 4.79 Å². The van der Waals surface area contributed by atoms with Gasteiger partial charge >= 0.3 is 6.09 Å². The van der Waals surface area contributed by atoms with Crippen LogP contribution in [0.4, 0.5) is 4.79 Å². The number of ether oxygens (including phenoxy) is 2. The molecule has 0 aromatic heterocycles. The third-order valence-corrected chi connectivity index (χ3v) is 4.19. The Labute approximate surface area is 119 Å². The second-order valence-corrected chi connectivity index (χ2v) is 5.70. The first-order valence-electron chi connectivity index (χ1n) is 7.37. The van der Waals surface area contributed by atoms with E-state index < -0.39 is 0 Å². The molecule has 1 spiro atoms. The molecule has 0 N–H and O–H groups in total. The average molecular weight is 275 g/mol. The second kappa shape index (κ2) is 5.83. The molecule has 2 aliphatic rings. The van der Waals surface area contributed by atoms with Crippen LogP contribution in [-0.4, -0.2) is 36.3 Å². The molecule has 4 nitrogen and oxygen atoms in total. The third kappa shape index (κ3) is 2.96. The molecule has 1 unspecified atom stereocenters. The Bertz CT molecular complexity index is 454. The van der Waals surface area contributed by atoms with E-state index in [1.165, 1.54) is 0 Å². The fraction of sp³-hybridized carbons (Fsp3) is 0.562. The van der Waals surface area contributed by atoms with Crippen LogP contribution in [0.1, 0.15) is 31.2 Å². The van der Waals surface area contributed by atoms with Crippen LogP contribution in [0, 0.1) is 0 Å². The first kappa shape index (κ1) is 13.4. The normalized spacial score (nSPS) is 25.9. The summed E-state index contributed by atoms with van der Waals surface area (Å²) in [4.78, 5) is 14.0. The minimum absolute atomic E-state index is 0.0932. The van der Waals surface area contributed by atoms with Crippen LogP contribution in [-0.2, 0) is 16.1 Å². The van der Waals surface area contributed by atoms with Gasteiger partial charge in [0.1, 0.15) is 6.61 Å². The van der Waals surface area contributed by atoms with Crippen LogP contribution in [0.25, 0.3) is 0 Å². The predicted octanol–water partition coefficient (Wildman–Crippen LogP) is 2.97. The van der Waals surface area contributed by atoms with Gasteiger partial charge in [-0.1, -0.05) is 30.3 Å². The standard InChI is InChI=1S/C16H21NO3/c18-15(19-12-14-6-2-1-3-7-14)17-10-4-8-16(13-17)9-5-11-20-16/h1-3,6-7H,4-5,8-13H2. The van der Waals surface area contributed by atoms with Gasteiger partial charge in [0.15, 0.2) is 0 Å². The number of amides is 1. The van der Waals surface area contributed by atoms with Crippen LogP contribution < -0.4 is 0 Å². The predicted molar refractivity (Wildman–Crippen MR) is 75.4 cm³/mol. The molecular formula is C16H21NO3. The summed E-state index contributed by atoms with van der Waals surface area (Å²) in [5, 5.41) is 0. The number of nitrogens with zero attached hydrogens (tertiary/aromatic N) is 1. The van der Waals surface area contributed by atoms with E-state index in [0.29, 0.717) is 13.2 Å². The van der Waals surface area contributed by atoms with Crippen LogP contribution in [0.15, 0.2) is 30.3 Å². The number of rotatable bonds is 2. The maximum Gasteiger partial charge on any atom is 0.410 e. The minimum Gasteiger partial charge on any atom is -0.445 e. The number of piperidine rings is 1. The number of carbonyl (C=O) groups excluding carboxylic acids is 1. The molecule has 4 heteroatoms. The van der Waals surface area contributed by atoms with Crippen LogP contribution in [0.2, 0.25) is 0 Å². The smallest absolute Gasteiger partial charge is 0.410 e. The van der Waals surface area contributed by atoms with Crippen molar-refractivity contribution in [1.29, 1.82) is 0 Å². The van der Waals surface area contributed by atoms with E-state index in [-0.39, 0.29) is 11.7 Å². The average Bonchev–Trinajstić information content (AvgIpc) is 2.93. The van der Waals surface area contributed by atoms with Crippen molar-refractivity contribution in [2.45, 2.75) is 37.9 Å². The number of carbonyl (C=O) groups is 1. The van der Waals surface area contributed by atoms with Crippen molar-refractivity contribution in [3.63, 3.8) is 0 Å². The van der Waals surface area contributed by atoms with E-state index in [4.69, 9.17) is 9.47 Å². The number of benzene rings is 1. The van der Waals surface area contributed by atoms with Gasteiger partial charge in [0, 0.05) is 13.2 Å². The van der Waals surface area contributed by atoms with Gasteiger partial charge in [-0.05, 0) is 31.2 Å². The van der Waals surface area contributed by atoms with Crippen LogP contribution in [0.5, 0.6) is 0 Å². The highest BCUT2D eigenvalue weighted by molar-refractivity contribution is 5.68. The Balaban J connectivity index is 1.54. The molecule has 1 atom stereocenters. The molecule has 0 aliphatic carbocycles. The van der Waals surface area contributed by atoms with E-state index in [1.807, 2.05) is 30.3 Å². The first-order valence-corrected chi connectivity index (χ1v) is 7.37. The highest BCUT2D eigenvalue weighted by Crippen LogP contribution is 2.34. The molecular weight excluding hydrogens is 254 g/mol. The molecule has 1 amide bonds. The molecule has 108 valence electrons. The lowest BCUT2D eigenvalue weighted by molar-refractivity contribution is -0.0494. The lowest BCUT2D eigenvalue weighted by Gasteiger charge is -2.39. The highest BCUT2D eigenvalue weighted by atomic mass is 16.6. The topological polar surface area (TPSA) is 38.8 Å². The van der Waals surface area contributed by atoms with Gasteiger partial charge in [-0.2, -0.15) is 0 Å². The zero-order valence-electron chi connectivity index (χ0n) is 11.7. The number of hydrogen-bond donors (Lipinski definition) is 0. The van der Waals surface area contributed by atoms with Gasteiger partial charge in [0.05, 0.1) is 12.1 Å². The molecule has 20 heavy (non-hydrogen) atoms. The number of hydrogen-bond acceptors (Lipinski definition) is 3. The van der Waals surface area contributed by atoms with Crippen molar-refractivity contribution in [3.05, 3.63) is 35.9 Å². The Kier molecular flexibility index (Phi) is 3.92. The van der Waals surface area contributed by atoms with Gasteiger partial charge in [-0.15, -0.1) is 0 Å². The Morgan fingerprint density at radius 1 is 1.25 bits per heavy atom. The van der Waals surface area contributed by atoms with Gasteiger partial charge in [-0.25, -0.2) is 4.79 Å². The molecule has 2 heterocycles. The Morgan fingerprint density at radius 3 is 2.80 bits per heavy atom. The van der Waals surface area contributed by atoms with Crippen molar-refractivity contribution in [3.8, 4) is 0 Å². The molecule has 2 aliphatic heterocycles. The minimum atomic E-state index is -0.219. The van der Waals surface area contributed by atoms with E-state index in [2.05, 4.69) is 0 Å². The summed E-state index contributed by atoms with van der Waals surface area (Å²) < 4.78 is 11.3. The molecule has 0 saturated carbocycles. The van der Waals surface area contributed by atoms with Crippen molar-refractivity contribution in [1.82, 2.24) is 4.90 Å². The zero-order valence-corrected chi connectivity index (χ0v) is 11.7. The van der Waals surface area contributed by atoms with Crippen molar-refractivity contribution >= 4 is 6.09 Å². The molecule has 3 rings (SSSR count). The summed E-state index contributed by atoms with van der Waals surface area (Å²) >= 11 is 0. The molecule has 2 fully saturated rings. The maximum atomic E-state index is 12.2. The third-order valence-electron chi connectivity index (χ3n) is 4.19. The Hall–Kier alpha value is -1.55. The monoisotopic (exact) mass is 275 g/mol. The molecule has 0 radical (unpaired) electrons.